The largest absolute Gasteiger partial charge is 0.380 e. The van der Waals surface area contributed by atoms with Crippen LogP contribution in [-0.4, -0.2) is 32.1 Å². The van der Waals surface area contributed by atoms with E-state index in [1.54, 1.807) is 0 Å². The third-order valence-electron chi connectivity index (χ3n) is 3.50. The first kappa shape index (κ1) is 14.1. The second-order valence-corrected chi connectivity index (χ2v) is 5.47. The molecule has 1 aromatic carbocycles. The van der Waals surface area contributed by atoms with Crippen LogP contribution >= 0.6 is 0 Å². The van der Waals surface area contributed by atoms with Crippen LogP contribution in [0.4, 0.5) is 5.69 Å². The lowest BCUT2D eigenvalue weighted by atomic mass is 10.0. The van der Waals surface area contributed by atoms with Crippen molar-refractivity contribution in [2.45, 2.75) is 26.7 Å². The molecular formula is C16H23NO2. The Balaban J connectivity index is 1.85. The Bertz CT molecular complexity index is 429. The highest BCUT2D eigenvalue weighted by Crippen LogP contribution is 2.26. The lowest BCUT2D eigenvalue weighted by Crippen LogP contribution is -2.34. The van der Waals surface area contributed by atoms with E-state index >= 15 is 0 Å². The minimum absolute atomic E-state index is 0.257. The summed E-state index contributed by atoms with van der Waals surface area (Å²) in [5.41, 5.74) is 1.92. The Kier molecular flexibility index (Phi) is 4.97. The summed E-state index contributed by atoms with van der Waals surface area (Å²) in [6.45, 7) is 7.64. The predicted octanol–water partition coefficient (Wildman–Crippen LogP) is 3.14. The van der Waals surface area contributed by atoms with Gasteiger partial charge in [0.2, 0.25) is 0 Å². The van der Waals surface area contributed by atoms with Crippen molar-refractivity contribution in [2.24, 2.45) is 5.92 Å². The van der Waals surface area contributed by atoms with E-state index in [4.69, 9.17) is 4.74 Å². The van der Waals surface area contributed by atoms with Crippen LogP contribution in [0.5, 0.6) is 0 Å². The van der Waals surface area contributed by atoms with Crippen LogP contribution in [0.15, 0.2) is 24.3 Å². The maximum Gasteiger partial charge on any atom is 0.166 e. The summed E-state index contributed by atoms with van der Waals surface area (Å²) in [5, 5.41) is 0. The maximum absolute atomic E-state index is 11.8. The van der Waals surface area contributed by atoms with Gasteiger partial charge in [-0.3, -0.25) is 4.79 Å². The molecule has 0 aromatic heterocycles. The molecule has 0 aliphatic carbocycles. The number of rotatable bonds is 6. The number of anilines is 1. The average molecular weight is 261 g/mol. The molecular weight excluding hydrogens is 238 g/mol. The van der Waals surface area contributed by atoms with Crippen LogP contribution in [0.1, 0.15) is 37.0 Å². The fraction of sp³-hybridized carbons (Fsp3) is 0.562. The number of carbonyl (C=O) groups is 1. The van der Waals surface area contributed by atoms with Crippen molar-refractivity contribution in [3.05, 3.63) is 29.8 Å². The van der Waals surface area contributed by atoms with Gasteiger partial charge in [0.05, 0.1) is 6.61 Å². The lowest BCUT2D eigenvalue weighted by molar-refractivity contribution is 0.0975. The summed E-state index contributed by atoms with van der Waals surface area (Å²) < 4.78 is 5.66. The van der Waals surface area contributed by atoms with Crippen molar-refractivity contribution < 1.29 is 9.53 Å². The molecule has 0 unspecified atom stereocenters. The van der Waals surface area contributed by atoms with Crippen LogP contribution in [0.3, 0.4) is 0 Å². The molecule has 0 spiro atoms. The normalized spacial score (nSPS) is 14.9. The van der Waals surface area contributed by atoms with Crippen LogP contribution < -0.4 is 4.90 Å². The molecule has 1 aliphatic heterocycles. The van der Waals surface area contributed by atoms with E-state index in [0.29, 0.717) is 12.3 Å². The molecule has 1 heterocycles. The first-order chi connectivity index (χ1) is 9.18. The van der Waals surface area contributed by atoms with Gasteiger partial charge in [-0.15, -0.1) is 0 Å². The quantitative estimate of drug-likeness (QED) is 0.737. The third kappa shape index (κ3) is 3.80. The van der Waals surface area contributed by atoms with Crippen LogP contribution in [0.25, 0.3) is 0 Å². The average Bonchev–Trinajstić information content (AvgIpc) is 2.41. The van der Waals surface area contributed by atoms with E-state index in [9.17, 15) is 4.79 Å². The molecule has 0 atom stereocenters. The smallest absolute Gasteiger partial charge is 0.166 e. The van der Waals surface area contributed by atoms with Crippen LogP contribution in [-0.2, 0) is 4.74 Å². The van der Waals surface area contributed by atoms with E-state index < -0.39 is 0 Å². The standard InChI is InChI=1S/C16H23NO2/c1-13(2)8-11-19-12-10-17-9-7-16(18)14-5-3-4-6-15(14)17/h3-6,13H,7-12H2,1-2H3. The zero-order valence-corrected chi connectivity index (χ0v) is 11.9. The number of hydrogen-bond donors (Lipinski definition) is 0. The number of nitrogens with zero attached hydrogens (tertiary/aromatic N) is 1. The SMILES string of the molecule is CC(C)CCOCCN1CCC(=O)c2ccccc21. The molecule has 1 aromatic rings. The molecule has 104 valence electrons. The summed E-state index contributed by atoms with van der Waals surface area (Å²) in [6, 6.07) is 7.87. The minimum Gasteiger partial charge on any atom is -0.380 e. The molecule has 1 aliphatic rings. The molecule has 0 amide bonds. The van der Waals surface area contributed by atoms with Crippen LogP contribution in [0.2, 0.25) is 0 Å². The van der Waals surface area contributed by atoms with Gasteiger partial charge >= 0.3 is 0 Å². The topological polar surface area (TPSA) is 29.5 Å². The summed E-state index contributed by atoms with van der Waals surface area (Å²) in [6.07, 6.45) is 1.72. The van der Waals surface area contributed by atoms with Crippen molar-refractivity contribution in [3.63, 3.8) is 0 Å². The first-order valence-corrected chi connectivity index (χ1v) is 7.13. The number of ketones is 1. The van der Waals surface area contributed by atoms with Gasteiger partial charge in [0.25, 0.3) is 0 Å². The van der Waals surface area contributed by atoms with Crippen molar-refractivity contribution in [2.75, 3.05) is 31.2 Å². The van der Waals surface area contributed by atoms with Gasteiger partial charge in [0, 0.05) is 37.4 Å². The third-order valence-corrected chi connectivity index (χ3v) is 3.50. The van der Waals surface area contributed by atoms with Gasteiger partial charge in [0.15, 0.2) is 5.78 Å². The van der Waals surface area contributed by atoms with Gasteiger partial charge in [-0.1, -0.05) is 26.0 Å². The number of para-hydroxylation sites is 1. The second kappa shape index (κ2) is 6.71. The molecule has 3 nitrogen and oxygen atoms in total. The second-order valence-electron chi connectivity index (χ2n) is 5.47. The maximum atomic E-state index is 11.8. The molecule has 0 saturated heterocycles. The number of fused-ring (bicyclic) bond motifs is 1. The molecule has 2 rings (SSSR count). The Labute approximate surface area is 115 Å². The number of benzene rings is 1. The Morgan fingerprint density at radius 1 is 1.26 bits per heavy atom. The number of ether oxygens (including phenoxy) is 1. The Morgan fingerprint density at radius 3 is 2.84 bits per heavy atom. The highest BCUT2D eigenvalue weighted by atomic mass is 16.5. The highest BCUT2D eigenvalue weighted by molar-refractivity contribution is 6.03. The van der Waals surface area contributed by atoms with Crippen molar-refractivity contribution in [1.82, 2.24) is 0 Å². The van der Waals surface area contributed by atoms with Gasteiger partial charge in [0.1, 0.15) is 0 Å². The zero-order valence-electron chi connectivity index (χ0n) is 11.9. The predicted molar refractivity (Wildman–Crippen MR) is 77.9 cm³/mol. The van der Waals surface area contributed by atoms with Crippen molar-refractivity contribution >= 4 is 11.5 Å². The summed E-state index contributed by atoms with van der Waals surface area (Å²) in [7, 11) is 0. The van der Waals surface area contributed by atoms with E-state index in [1.165, 1.54) is 0 Å². The Hall–Kier alpha value is -1.35. The minimum atomic E-state index is 0.257. The highest BCUT2D eigenvalue weighted by Gasteiger charge is 2.21. The molecule has 0 bridgehead atoms. The summed E-state index contributed by atoms with van der Waals surface area (Å²) >= 11 is 0. The van der Waals surface area contributed by atoms with Crippen molar-refractivity contribution in [3.8, 4) is 0 Å². The monoisotopic (exact) mass is 261 g/mol. The molecule has 0 fully saturated rings. The Morgan fingerprint density at radius 2 is 2.05 bits per heavy atom. The van der Waals surface area contributed by atoms with Crippen LogP contribution in [0, 0.1) is 5.92 Å². The van der Waals surface area contributed by atoms with Gasteiger partial charge in [-0.05, 0) is 24.5 Å². The van der Waals surface area contributed by atoms with E-state index in [0.717, 1.165) is 44.0 Å². The van der Waals surface area contributed by atoms with Gasteiger partial charge < -0.3 is 9.64 Å². The fourth-order valence-corrected chi connectivity index (χ4v) is 2.30. The molecule has 0 radical (unpaired) electrons. The van der Waals surface area contributed by atoms with E-state index in [-0.39, 0.29) is 5.78 Å². The molecule has 3 heteroatoms. The number of hydrogen-bond acceptors (Lipinski definition) is 3. The molecule has 0 N–H and O–H groups in total. The zero-order chi connectivity index (χ0) is 13.7. The number of Topliss-reactive ketones (excluding diaryl/α,β-unsaturated/α-hetero) is 1. The van der Waals surface area contributed by atoms with E-state index in [2.05, 4.69) is 18.7 Å². The summed E-state index contributed by atoms with van der Waals surface area (Å²) in [4.78, 5) is 14.1. The van der Waals surface area contributed by atoms with E-state index in [1.807, 2.05) is 24.3 Å². The van der Waals surface area contributed by atoms with Crippen molar-refractivity contribution in [1.29, 1.82) is 0 Å². The summed E-state index contributed by atoms with van der Waals surface area (Å²) in [5.74, 6) is 0.945. The lowest BCUT2D eigenvalue weighted by Gasteiger charge is -2.30. The van der Waals surface area contributed by atoms with Gasteiger partial charge in [-0.25, -0.2) is 0 Å². The molecule has 19 heavy (non-hydrogen) atoms. The fourth-order valence-electron chi connectivity index (χ4n) is 2.30. The first-order valence-electron chi connectivity index (χ1n) is 7.13. The number of carbonyl (C=O) groups excluding carboxylic acids is 1. The molecule has 0 saturated carbocycles. The van der Waals surface area contributed by atoms with Gasteiger partial charge in [-0.2, -0.15) is 0 Å².